The first kappa shape index (κ1) is 15.2. The van der Waals surface area contributed by atoms with Crippen molar-refractivity contribution >= 4 is 17.5 Å². The van der Waals surface area contributed by atoms with Crippen molar-refractivity contribution in [2.75, 3.05) is 24.5 Å². The minimum atomic E-state index is -0.461. The molecular weight excluding hydrogens is 240 g/mol. The van der Waals surface area contributed by atoms with Gasteiger partial charge in [-0.1, -0.05) is 12.1 Å². The van der Waals surface area contributed by atoms with Crippen LogP contribution < -0.4 is 4.90 Å². The molecule has 0 unspecified atom stereocenters. The molecule has 1 rings (SSSR count). The Labute approximate surface area is 115 Å². The Bertz CT molecular complexity index is 453. The van der Waals surface area contributed by atoms with Crippen molar-refractivity contribution in [3.63, 3.8) is 0 Å². The van der Waals surface area contributed by atoms with Gasteiger partial charge in [-0.2, -0.15) is 0 Å². The average Bonchev–Trinajstić information content (AvgIpc) is 2.40. The van der Waals surface area contributed by atoms with E-state index in [1.165, 1.54) is 4.90 Å². The molecule has 4 heteroatoms. The van der Waals surface area contributed by atoms with E-state index in [0.717, 1.165) is 11.3 Å². The molecule has 4 nitrogen and oxygen atoms in total. The lowest BCUT2D eigenvalue weighted by Crippen LogP contribution is -2.45. The topological polar surface area (TPSA) is 40.6 Å². The predicted octanol–water partition coefficient (Wildman–Crippen LogP) is 2.22. The van der Waals surface area contributed by atoms with Gasteiger partial charge in [-0.3, -0.25) is 9.59 Å². The summed E-state index contributed by atoms with van der Waals surface area (Å²) < 4.78 is 0. The standard InChI is InChI=1S/C15H22N2O2/c1-5-16(6-2)14(18)15(19)17(7-3)13-10-8-9-12(4)11-13/h8-11H,5-7H2,1-4H3. The minimum Gasteiger partial charge on any atom is -0.335 e. The largest absolute Gasteiger partial charge is 0.335 e. The lowest BCUT2D eigenvalue weighted by Gasteiger charge is -2.25. The highest BCUT2D eigenvalue weighted by molar-refractivity contribution is 6.40. The summed E-state index contributed by atoms with van der Waals surface area (Å²) >= 11 is 0. The molecule has 2 amide bonds. The zero-order chi connectivity index (χ0) is 14.4. The third kappa shape index (κ3) is 3.56. The van der Waals surface area contributed by atoms with E-state index in [0.29, 0.717) is 19.6 Å². The van der Waals surface area contributed by atoms with Crippen LogP contribution in [0.5, 0.6) is 0 Å². The van der Waals surface area contributed by atoms with Gasteiger partial charge in [-0.05, 0) is 45.4 Å². The van der Waals surface area contributed by atoms with Crippen LogP contribution in [0.2, 0.25) is 0 Å². The molecule has 0 saturated heterocycles. The number of hydrogen-bond donors (Lipinski definition) is 0. The van der Waals surface area contributed by atoms with Crippen molar-refractivity contribution in [1.29, 1.82) is 0 Å². The van der Waals surface area contributed by atoms with Gasteiger partial charge in [0.05, 0.1) is 0 Å². The van der Waals surface area contributed by atoms with Crippen LogP contribution in [-0.2, 0) is 9.59 Å². The maximum Gasteiger partial charge on any atom is 0.316 e. The fourth-order valence-electron chi connectivity index (χ4n) is 2.00. The number of benzene rings is 1. The van der Waals surface area contributed by atoms with Crippen LogP contribution in [-0.4, -0.2) is 36.3 Å². The van der Waals surface area contributed by atoms with Crippen molar-refractivity contribution < 1.29 is 9.59 Å². The van der Waals surface area contributed by atoms with Crippen LogP contribution in [0.1, 0.15) is 26.3 Å². The fraction of sp³-hybridized carbons (Fsp3) is 0.467. The van der Waals surface area contributed by atoms with E-state index >= 15 is 0 Å². The van der Waals surface area contributed by atoms with Crippen LogP contribution in [0.15, 0.2) is 24.3 Å². The first-order chi connectivity index (χ1) is 9.04. The van der Waals surface area contributed by atoms with E-state index in [2.05, 4.69) is 0 Å². The summed E-state index contributed by atoms with van der Waals surface area (Å²) in [6.45, 7) is 9.16. The quantitative estimate of drug-likeness (QED) is 0.781. The smallest absolute Gasteiger partial charge is 0.316 e. The third-order valence-corrected chi connectivity index (χ3v) is 3.11. The number of hydrogen-bond acceptors (Lipinski definition) is 2. The molecule has 0 N–H and O–H groups in total. The first-order valence-electron chi connectivity index (χ1n) is 6.72. The van der Waals surface area contributed by atoms with Crippen molar-refractivity contribution in [2.45, 2.75) is 27.7 Å². The predicted molar refractivity (Wildman–Crippen MR) is 77.1 cm³/mol. The lowest BCUT2D eigenvalue weighted by molar-refractivity contribution is -0.144. The number of carbonyl (C=O) groups excluding carboxylic acids is 2. The van der Waals surface area contributed by atoms with Gasteiger partial charge in [0, 0.05) is 25.3 Å². The van der Waals surface area contributed by atoms with E-state index in [-0.39, 0.29) is 0 Å². The van der Waals surface area contributed by atoms with Crippen LogP contribution in [0, 0.1) is 6.92 Å². The molecule has 104 valence electrons. The molecule has 0 radical (unpaired) electrons. The van der Waals surface area contributed by atoms with Gasteiger partial charge in [0.15, 0.2) is 0 Å². The Morgan fingerprint density at radius 2 is 1.63 bits per heavy atom. The monoisotopic (exact) mass is 262 g/mol. The Kier molecular flexibility index (Phi) is 5.55. The van der Waals surface area contributed by atoms with Gasteiger partial charge in [-0.15, -0.1) is 0 Å². The summed E-state index contributed by atoms with van der Waals surface area (Å²) in [6, 6.07) is 7.62. The molecule has 0 heterocycles. The van der Waals surface area contributed by atoms with E-state index in [9.17, 15) is 9.59 Å². The maximum absolute atomic E-state index is 12.3. The van der Waals surface area contributed by atoms with Gasteiger partial charge >= 0.3 is 11.8 Å². The maximum atomic E-state index is 12.3. The molecule has 0 aliphatic carbocycles. The Balaban J connectivity index is 2.97. The Morgan fingerprint density at radius 3 is 2.11 bits per heavy atom. The second-order valence-corrected chi connectivity index (χ2v) is 4.37. The van der Waals surface area contributed by atoms with E-state index in [1.54, 1.807) is 4.90 Å². The second kappa shape index (κ2) is 6.92. The number of likely N-dealkylation sites (N-methyl/N-ethyl adjacent to an activating group) is 2. The van der Waals surface area contributed by atoms with E-state index in [4.69, 9.17) is 0 Å². The summed E-state index contributed by atoms with van der Waals surface area (Å²) in [5.41, 5.74) is 1.84. The highest BCUT2D eigenvalue weighted by Crippen LogP contribution is 2.16. The minimum absolute atomic E-state index is 0.437. The molecular formula is C15H22N2O2. The zero-order valence-electron chi connectivity index (χ0n) is 12.1. The molecule has 0 spiro atoms. The van der Waals surface area contributed by atoms with Crippen LogP contribution in [0.25, 0.3) is 0 Å². The number of anilines is 1. The van der Waals surface area contributed by atoms with E-state index < -0.39 is 11.8 Å². The molecule has 0 atom stereocenters. The zero-order valence-corrected chi connectivity index (χ0v) is 12.1. The highest BCUT2D eigenvalue weighted by Gasteiger charge is 2.25. The van der Waals surface area contributed by atoms with Gasteiger partial charge in [0.1, 0.15) is 0 Å². The molecule has 0 saturated carbocycles. The third-order valence-electron chi connectivity index (χ3n) is 3.11. The number of nitrogens with zero attached hydrogens (tertiary/aromatic N) is 2. The Hall–Kier alpha value is -1.84. The molecule has 0 aliphatic rings. The summed E-state index contributed by atoms with van der Waals surface area (Å²) in [4.78, 5) is 27.4. The van der Waals surface area contributed by atoms with Crippen molar-refractivity contribution in [2.24, 2.45) is 0 Å². The van der Waals surface area contributed by atoms with Crippen LogP contribution in [0.4, 0.5) is 5.69 Å². The summed E-state index contributed by atoms with van der Waals surface area (Å²) in [5, 5.41) is 0. The van der Waals surface area contributed by atoms with Crippen molar-refractivity contribution in [1.82, 2.24) is 4.90 Å². The van der Waals surface area contributed by atoms with Crippen LogP contribution in [0.3, 0.4) is 0 Å². The number of amides is 2. The highest BCUT2D eigenvalue weighted by atomic mass is 16.2. The second-order valence-electron chi connectivity index (χ2n) is 4.37. The molecule has 0 fully saturated rings. The van der Waals surface area contributed by atoms with E-state index in [1.807, 2.05) is 52.0 Å². The summed E-state index contributed by atoms with van der Waals surface area (Å²) in [6.07, 6.45) is 0. The molecule has 0 aromatic heterocycles. The first-order valence-corrected chi connectivity index (χ1v) is 6.72. The molecule has 1 aromatic rings. The van der Waals surface area contributed by atoms with Gasteiger partial charge < -0.3 is 9.80 Å². The molecule has 0 bridgehead atoms. The SMILES string of the molecule is CCN(CC)C(=O)C(=O)N(CC)c1cccc(C)c1. The van der Waals surface area contributed by atoms with Crippen molar-refractivity contribution in [3.8, 4) is 0 Å². The fourth-order valence-corrected chi connectivity index (χ4v) is 2.00. The van der Waals surface area contributed by atoms with Crippen molar-refractivity contribution in [3.05, 3.63) is 29.8 Å². The van der Waals surface area contributed by atoms with Gasteiger partial charge in [0.2, 0.25) is 0 Å². The number of aryl methyl sites for hydroxylation is 1. The van der Waals surface area contributed by atoms with Gasteiger partial charge in [-0.25, -0.2) is 0 Å². The normalized spacial score (nSPS) is 10.1. The lowest BCUT2D eigenvalue weighted by atomic mass is 10.2. The van der Waals surface area contributed by atoms with Crippen LogP contribution >= 0.6 is 0 Å². The molecule has 0 aliphatic heterocycles. The molecule has 19 heavy (non-hydrogen) atoms. The molecule has 1 aromatic carbocycles. The summed E-state index contributed by atoms with van der Waals surface area (Å²) in [5.74, 6) is -0.898. The summed E-state index contributed by atoms with van der Waals surface area (Å²) in [7, 11) is 0. The average molecular weight is 262 g/mol. The number of carbonyl (C=O) groups is 2. The van der Waals surface area contributed by atoms with Gasteiger partial charge in [0.25, 0.3) is 0 Å². The Morgan fingerprint density at radius 1 is 1.00 bits per heavy atom. The number of rotatable bonds is 4.